The predicted octanol–water partition coefficient (Wildman–Crippen LogP) is 11.5. The van der Waals surface area contributed by atoms with E-state index in [1.54, 1.807) is 24.3 Å². The molecule has 7 aromatic carbocycles. The smallest absolute Gasteiger partial charge is 0.164 e. The Morgan fingerprint density at radius 3 is 1.84 bits per heavy atom. The molecule has 0 bridgehead atoms. The van der Waals surface area contributed by atoms with Crippen LogP contribution in [0.1, 0.15) is 19.2 Å². The van der Waals surface area contributed by atoms with Gasteiger partial charge in [0.25, 0.3) is 0 Å². The molecule has 0 aliphatic rings. The van der Waals surface area contributed by atoms with Crippen molar-refractivity contribution in [3.63, 3.8) is 0 Å². The van der Waals surface area contributed by atoms with Crippen LogP contribution in [0, 0.1) is 0 Å². The van der Waals surface area contributed by atoms with E-state index in [0.29, 0.717) is 11.1 Å². The van der Waals surface area contributed by atoms with E-state index in [-0.39, 0.29) is 61.2 Å². The Hall–Kier alpha value is -6.85. The molecule has 0 aliphatic carbocycles. The highest BCUT2D eigenvalue weighted by Gasteiger charge is 2.19. The van der Waals surface area contributed by atoms with Gasteiger partial charge in [-0.1, -0.05) is 127 Å². The van der Waals surface area contributed by atoms with Gasteiger partial charge in [0, 0.05) is 50.0 Å². The number of para-hydroxylation sites is 2. The summed E-state index contributed by atoms with van der Waals surface area (Å²) < 4.78 is 132. The van der Waals surface area contributed by atoms with Crippen LogP contribution in [0.4, 0.5) is 0 Å². The molecule has 0 saturated carbocycles. The van der Waals surface area contributed by atoms with Crippen molar-refractivity contribution in [2.45, 2.75) is 0 Å². The molecule has 0 N–H and O–H groups in total. The van der Waals surface area contributed by atoms with Gasteiger partial charge in [-0.2, -0.15) is 0 Å². The van der Waals surface area contributed by atoms with E-state index in [9.17, 15) is 5.48 Å². The number of nitrogens with zero attached hydrogens (tertiary/aromatic N) is 4. The SMILES string of the molecule is [2H]c1c([2H])c(-c2nc(-c3ccccc3)nc(-c3cccc(-c4ccccc4)c3)n2)c2c(oc3c([2H])c(-n4c5c([2H])c([2H])c([2H])c([2H])c5c5c([2H])c([2H])c([2H])c([2H])c54)c([2H])c([2H])c32)c1[2H]. The molecule has 0 spiro atoms. The molecule has 0 atom stereocenters. The molecular formula is C45H28N4O. The van der Waals surface area contributed by atoms with Gasteiger partial charge in [0.1, 0.15) is 11.2 Å². The molecule has 50 heavy (non-hydrogen) atoms. The van der Waals surface area contributed by atoms with Crippen molar-refractivity contribution < 1.29 is 23.6 Å². The summed E-state index contributed by atoms with van der Waals surface area (Å²) in [5.74, 6) is 0.263. The second-order valence-electron chi connectivity index (χ2n) is 11.4. The Kier molecular flexibility index (Phi) is 3.99. The van der Waals surface area contributed by atoms with Gasteiger partial charge < -0.3 is 8.98 Å². The van der Waals surface area contributed by atoms with E-state index in [1.807, 2.05) is 60.7 Å². The molecule has 0 saturated heterocycles. The fourth-order valence-electron chi connectivity index (χ4n) is 6.16. The van der Waals surface area contributed by atoms with Gasteiger partial charge in [-0.15, -0.1) is 0 Å². The number of hydrogen-bond acceptors (Lipinski definition) is 4. The number of furan rings is 1. The maximum absolute atomic E-state index is 9.62. The summed E-state index contributed by atoms with van der Waals surface area (Å²) in [5.41, 5.74) is 0.858. The lowest BCUT2D eigenvalue weighted by Gasteiger charge is -2.10. The van der Waals surface area contributed by atoms with E-state index in [4.69, 9.17) is 33.1 Å². The number of fused-ring (bicyclic) bond motifs is 6. The molecule has 10 rings (SSSR count). The Labute approximate surface area is 307 Å². The van der Waals surface area contributed by atoms with Gasteiger partial charge >= 0.3 is 0 Å². The second kappa shape index (κ2) is 11.4. The number of hydrogen-bond donors (Lipinski definition) is 0. The lowest BCUT2D eigenvalue weighted by molar-refractivity contribution is 0.668. The minimum absolute atomic E-state index is 0.111. The van der Waals surface area contributed by atoms with Crippen LogP contribution in [0.25, 0.3) is 94.7 Å². The largest absolute Gasteiger partial charge is 0.456 e. The zero-order chi connectivity index (χ0) is 45.2. The minimum atomic E-state index is -0.711. The first kappa shape index (κ1) is 17.5. The zero-order valence-electron chi connectivity index (χ0n) is 39.8. The Morgan fingerprint density at radius 1 is 0.480 bits per heavy atom. The van der Waals surface area contributed by atoms with Crippen LogP contribution in [-0.2, 0) is 0 Å². The van der Waals surface area contributed by atoms with E-state index >= 15 is 0 Å². The average Bonchev–Trinajstić information content (AvgIpc) is 3.89. The fourth-order valence-corrected chi connectivity index (χ4v) is 6.16. The van der Waals surface area contributed by atoms with Crippen molar-refractivity contribution in [3.8, 4) is 51.0 Å². The van der Waals surface area contributed by atoms with E-state index in [0.717, 1.165) is 15.7 Å². The lowest BCUT2D eigenvalue weighted by atomic mass is 10.0. The molecular weight excluding hydrogens is 613 g/mol. The third-order valence-corrected chi connectivity index (χ3v) is 8.43. The molecule has 10 aromatic rings. The summed E-state index contributed by atoms with van der Waals surface area (Å²) in [6.45, 7) is 0. The summed E-state index contributed by atoms with van der Waals surface area (Å²) in [6, 6.07) is 17.2. The van der Waals surface area contributed by atoms with Crippen molar-refractivity contribution in [3.05, 3.63) is 170 Å². The third-order valence-electron chi connectivity index (χ3n) is 8.43. The maximum atomic E-state index is 9.62. The van der Waals surface area contributed by atoms with Crippen LogP contribution in [0.15, 0.2) is 174 Å². The molecule has 5 heteroatoms. The molecule has 0 radical (unpaired) electrons. The van der Waals surface area contributed by atoms with Crippen LogP contribution >= 0.6 is 0 Å². The van der Waals surface area contributed by atoms with E-state index in [2.05, 4.69) is 0 Å². The normalized spacial score (nSPS) is 15.5. The minimum Gasteiger partial charge on any atom is -0.456 e. The molecule has 0 unspecified atom stereocenters. The molecule has 0 aliphatic heterocycles. The van der Waals surface area contributed by atoms with E-state index in [1.165, 1.54) is 0 Å². The number of aromatic nitrogens is 4. The first-order chi connectivity index (χ1) is 30.6. The van der Waals surface area contributed by atoms with Gasteiger partial charge in [0.05, 0.1) is 30.2 Å². The van der Waals surface area contributed by atoms with Gasteiger partial charge in [0.2, 0.25) is 0 Å². The summed E-state index contributed by atoms with van der Waals surface area (Å²) in [4.78, 5) is 14.4. The van der Waals surface area contributed by atoms with E-state index < -0.39 is 95.9 Å². The Bertz CT molecular complexity index is 3590. The molecule has 234 valence electrons. The molecule has 0 fully saturated rings. The van der Waals surface area contributed by atoms with Crippen molar-refractivity contribution in [2.75, 3.05) is 0 Å². The quantitative estimate of drug-likeness (QED) is 0.185. The lowest BCUT2D eigenvalue weighted by Crippen LogP contribution is -2.00. The Balaban J connectivity index is 1.32. The predicted molar refractivity (Wildman–Crippen MR) is 203 cm³/mol. The highest BCUT2D eigenvalue weighted by molar-refractivity contribution is 6.13. The monoisotopic (exact) mass is 654 g/mol. The van der Waals surface area contributed by atoms with Crippen molar-refractivity contribution >= 4 is 43.7 Å². The molecule has 0 amide bonds. The Morgan fingerprint density at radius 2 is 1.10 bits per heavy atom. The highest BCUT2D eigenvalue weighted by Crippen LogP contribution is 2.39. The zero-order valence-corrected chi connectivity index (χ0v) is 25.8. The second-order valence-corrected chi connectivity index (χ2v) is 11.4. The van der Waals surface area contributed by atoms with Crippen LogP contribution in [0.5, 0.6) is 0 Å². The fraction of sp³-hybridized carbons (Fsp3) is 0. The number of rotatable bonds is 5. The summed E-state index contributed by atoms with van der Waals surface area (Å²) in [5, 5.41) is -0.902. The van der Waals surface area contributed by atoms with Gasteiger partial charge in [-0.05, 0) is 47.4 Å². The van der Waals surface area contributed by atoms with Crippen molar-refractivity contribution in [1.82, 2.24) is 19.5 Å². The van der Waals surface area contributed by atoms with Gasteiger partial charge in [-0.25, -0.2) is 15.0 Å². The molecule has 3 heterocycles. The maximum Gasteiger partial charge on any atom is 0.164 e. The van der Waals surface area contributed by atoms with Gasteiger partial charge in [0.15, 0.2) is 17.5 Å². The van der Waals surface area contributed by atoms with Crippen molar-refractivity contribution in [2.24, 2.45) is 0 Å². The summed E-state index contributed by atoms with van der Waals surface area (Å²) in [6.07, 6.45) is 0. The molecule has 5 nitrogen and oxygen atoms in total. The number of benzene rings is 7. The van der Waals surface area contributed by atoms with Crippen LogP contribution in [-0.4, -0.2) is 19.5 Å². The standard InChI is InChI=1S/C45H28N4O/c1-3-13-29(14-4-1)31-17-11-18-32(27-31)44-46-43(30-15-5-2-6-16-30)47-45(48-44)37-21-12-24-40-42(37)36-26-25-33(28-41(36)50-40)49-38-22-9-7-19-34(38)35-20-8-10-23-39(35)49/h1-28H/i7D,8D,9D,10D,12D,19D,20D,21D,22D,23D,24D,25D,26D,28D. The summed E-state index contributed by atoms with van der Waals surface area (Å²) >= 11 is 0. The summed E-state index contributed by atoms with van der Waals surface area (Å²) in [7, 11) is 0. The topological polar surface area (TPSA) is 56.7 Å². The van der Waals surface area contributed by atoms with Crippen molar-refractivity contribution in [1.29, 1.82) is 0 Å². The van der Waals surface area contributed by atoms with Gasteiger partial charge in [-0.3, -0.25) is 0 Å². The average molecular weight is 655 g/mol. The van der Waals surface area contributed by atoms with Crippen LogP contribution < -0.4 is 0 Å². The molecule has 3 aromatic heterocycles. The van der Waals surface area contributed by atoms with Crippen LogP contribution in [0.3, 0.4) is 0 Å². The van der Waals surface area contributed by atoms with Crippen LogP contribution in [0.2, 0.25) is 0 Å². The first-order valence-electron chi connectivity index (χ1n) is 22.6. The third kappa shape index (κ3) is 4.60. The highest BCUT2D eigenvalue weighted by atomic mass is 16.3. The first-order valence-corrected chi connectivity index (χ1v) is 15.6.